The highest BCUT2D eigenvalue weighted by Crippen LogP contribution is 2.36. The first-order valence-corrected chi connectivity index (χ1v) is 24.2. The minimum Gasteiger partial charge on any atom is -0.380 e. The molecule has 2 fully saturated rings. The highest BCUT2D eigenvalue weighted by Gasteiger charge is 2.41. The molecule has 0 spiro atoms. The van der Waals surface area contributed by atoms with Gasteiger partial charge < -0.3 is 25.2 Å². The first-order valence-electron chi connectivity index (χ1n) is 22.0. The van der Waals surface area contributed by atoms with Crippen molar-refractivity contribution < 1.29 is 27.8 Å². The summed E-state index contributed by atoms with van der Waals surface area (Å²) in [5, 5.41) is 16.6. The lowest BCUT2D eigenvalue weighted by Gasteiger charge is -2.37. The van der Waals surface area contributed by atoms with Gasteiger partial charge in [-0.15, -0.1) is 0 Å². The van der Waals surface area contributed by atoms with Crippen LogP contribution in [0, 0.1) is 32.6 Å². The van der Waals surface area contributed by atoms with Crippen molar-refractivity contribution in [3.63, 3.8) is 0 Å². The lowest BCUT2D eigenvalue weighted by molar-refractivity contribution is -0.184. The lowest BCUT2D eigenvalue weighted by Crippen LogP contribution is -2.46. The number of hydrogen-bond acceptors (Lipinski definition) is 11. The molecular formula is C50H43F3I2N8O9. The van der Waals surface area contributed by atoms with Crippen LogP contribution in [0.1, 0.15) is 22.3 Å². The van der Waals surface area contributed by atoms with Crippen LogP contribution < -0.4 is 44.3 Å². The van der Waals surface area contributed by atoms with Crippen LogP contribution in [0.15, 0.2) is 114 Å². The molecule has 0 amide bonds. The second kappa shape index (κ2) is 18.8. The Morgan fingerprint density at radius 3 is 1.33 bits per heavy atom. The number of ether oxygens (including phenoxy) is 2. The number of nitrogens with one attached hydrogen (secondary N) is 2. The number of pyridine rings is 2. The van der Waals surface area contributed by atoms with E-state index in [0.29, 0.717) is 24.0 Å². The molecule has 8 aromatic rings. The molecule has 4 aromatic carbocycles. The minimum atomic E-state index is -1.68. The molecule has 2 aliphatic rings. The average Bonchev–Trinajstić information content (AvgIpc) is 3.34. The number of alkyl halides is 1. The number of aromatic nitrogens is 6. The summed E-state index contributed by atoms with van der Waals surface area (Å²) >= 11 is 3.96. The molecular weight excluding hydrogens is 1170 g/mol. The van der Waals surface area contributed by atoms with E-state index in [0.717, 1.165) is 9.13 Å². The number of nitrogens with zero attached hydrogens (tertiary/aromatic N) is 6. The molecule has 6 heterocycles. The second-order valence-corrected chi connectivity index (χ2v) is 20.2. The van der Waals surface area contributed by atoms with E-state index in [2.05, 4.69) is 10.6 Å². The predicted octanol–water partition coefficient (Wildman–Crippen LogP) is 5.78. The third kappa shape index (κ3) is 8.40. The average molecular weight is 1210 g/mol. The van der Waals surface area contributed by atoms with Crippen LogP contribution >= 0.6 is 45.2 Å². The van der Waals surface area contributed by atoms with Gasteiger partial charge in [-0.2, -0.15) is 0 Å². The minimum absolute atomic E-state index is 0.0157. The predicted molar refractivity (Wildman–Crippen MR) is 283 cm³/mol. The van der Waals surface area contributed by atoms with Gasteiger partial charge in [-0.1, -0.05) is 24.3 Å². The molecule has 3 N–H and O–H groups in total. The van der Waals surface area contributed by atoms with Gasteiger partial charge in [0.1, 0.15) is 39.6 Å². The largest absolute Gasteiger partial charge is 0.380 e. The molecule has 17 nitrogen and oxygen atoms in total. The summed E-state index contributed by atoms with van der Waals surface area (Å²) in [5.74, 6) is -1.05. The molecule has 2 aliphatic heterocycles. The van der Waals surface area contributed by atoms with E-state index in [1.165, 1.54) is 90.6 Å². The first kappa shape index (κ1) is 50.3. The molecule has 0 radical (unpaired) electrons. The van der Waals surface area contributed by atoms with Crippen LogP contribution in [-0.4, -0.2) is 58.9 Å². The topological polar surface area (TPSA) is 195 Å². The summed E-state index contributed by atoms with van der Waals surface area (Å²) in [7, 11) is 5.59. The van der Waals surface area contributed by atoms with Crippen LogP contribution in [-0.2, 0) is 48.9 Å². The fraction of sp³-hybridized carbons (Fsp3) is 0.240. The molecule has 0 bridgehead atoms. The summed E-state index contributed by atoms with van der Waals surface area (Å²) in [4.78, 5) is 80.1. The third-order valence-corrected chi connectivity index (χ3v) is 14.3. The molecule has 22 heteroatoms. The van der Waals surface area contributed by atoms with E-state index in [-0.39, 0.29) is 88.1 Å². The number of aryl methyl sites for hydroxylation is 2. The van der Waals surface area contributed by atoms with E-state index < -0.39 is 56.5 Å². The summed E-state index contributed by atoms with van der Waals surface area (Å²) < 4.78 is 62.8. The lowest BCUT2D eigenvalue weighted by atomic mass is 9.92. The number of anilines is 4. The van der Waals surface area contributed by atoms with Crippen molar-refractivity contribution in [2.45, 2.75) is 25.1 Å². The van der Waals surface area contributed by atoms with Crippen LogP contribution in [0.25, 0.3) is 33.2 Å². The number of rotatable bonds is 8. The maximum Gasteiger partial charge on any atom is 0.335 e. The van der Waals surface area contributed by atoms with E-state index >= 15 is 4.39 Å². The van der Waals surface area contributed by atoms with Gasteiger partial charge in [0, 0.05) is 46.5 Å². The molecule has 0 saturated carbocycles. The van der Waals surface area contributed by atoms with Gasteiger partial charge in [-0.05, 0) is 131 Å². The Morgan fingerprint density at radius 2 is 0.958 bits per heavy atom. The van der Waals surface area contributed by atoms with Crippen molar-refractivity contribution in [2.24, 2.45) is 28.2 Å². The van der Waals surface area contributed by atoms with E-state index in [1.807, 2.05) is 45.2 Å². The highest BCUT2D eigenvalue weighted by molar-refractivity contribution is 14.1. The van der Waals surface area contributed by atoms with Crippen LogP contribution in [0.4, 0.5) is 36.2 Å². The van der Waals surface area contributed by atoms with Gasteiger partial charge in [0.15, 0.2) is 5.67 Å². The summed E-state index contributed by atoms with van der Waals surface area (Å²) in [5.41, 5.74) is -4.36. The monoisotopic (exact) mass is 1210 g/mol. The Balaban J connectivity index is 0.000000178. The van der Waals surface area contributed by atoms with Crippen molar-refractivity contribution in [1.82, 2.24) is 27.4 Å². The molecule has 0 unspecified atom stereocenters. The molecule has 2 saturated heterocycles. The maximum absolute atomic E-state index is 15.1. The fourth-order valence-corrected chi connectivity index (χ4v) is 9.69. The van der Waals surface area contributed by atoms with Gasteiger partial charge in [0.25, 0.3) is 22.2 Å². The van der Waals surface area contributed by atoms with E-state index in [4.69, 9.17) is 9.47 Å². The zero-order valence-electron chi connectivity index (χ0n) is 39.2. The Hall–Kier alpha value is -6.61. The number of aliphatic hydroxyl groups is 1. The maximum atomic E-state index is 15.1. The van der Waals surface area contributed by atoms with Crippen molar-refractivity contribution in [3.8, 4) is 11.4 Å². The SMILES string of the molecule is Cc1c(=O)n(C)c(Nc2ccc(I)cc2F)c2c(=O)n(C)c(=O)n(-c3cccc(C4(F)COC4)c3)c12.Cc1c(=O)n(C)c(Nc2ccc(I)cc2F)c2c(=O)n(C)c(=O)n(-c3cccc(C4(O)COC4)c3)c12. The Bertz CT molecular complexity index is 3730. The molecule has 0 atom stereocenters. The van der Waals surface area contributed by atoms with Crippen molar-refractivity contribution in [3.05, 3.63) is 188 Å². The normalized spacial score (nSPS) is 14.6. The van der Waals surface area contributed by atoms with Gasteiger partial charge in [0.05, 0.1) is 60.2 Å². The summed E-state index contributed by atoms with van der Waals surface area (Å²) in [6.45, 7) is 3.08. The van der Waals surface area contributed by atoms with Gasteiger partial charge in [-0.25, -0.2) is 22.8 Å². The quantitative estimate of drug-likeness (QED) is 0.156. The van der Waals surface area contributed by atoms with Crippen molar-refractivity contribution in [1.29, 1.82) is 0 Å². The molecule has 4 aromatic heterocycles. The zero-order valence-corrected chi connectivity index (χ0v) is 43.5. The Kier molecular flexibility index (Phi) is 13.1. The van der Waals surface area contributed by atoms with Gasteiger partial charge in [-0.3, -0.25) is 46.6 Å². The number of fused-ring (bicyclic) bond motifs is 2. The third-order valence-electron chi connectivity index (χ3n) is 13.0. The first-order chi connectivity index (χ1) is 34.1. The number of benzene rings is 4. The number of halogens is 5. The molecule has 72 heavy (non-hydrogen) atoms. The second-order valence-electron chi connectivity index (χ2n) is 17.7. The van der Waals surface area contributed by atoms with E-state index in [1.54, 1.807) is 54.6 Å². The van der Waals surface area contributed by atoms with Crippen LogP contribution in [0.2, 0.25) is 0 Å². The summed E-state index contributed by atoms with van der Waals surface area (Å²) in [6, 6.07) is 22.0. The van der Waals surface area contributed by atoms with Crippen molar-refractivity contribution in [2.75, 3.05) is 37.1 Å². The van der Waals surface area contributed by atoms with Crippen LogP contribution in [0.3, 0.4) is 0 Å². The standard InChI is InChI=1S/C25H21F2IN4O4.C25H22FIN4O5/c1-13-20-19(21(30(2)22(13)33)29-18-8-7-15(28)10-17(18)26)23(34)31(3)24(35)32(20)16-6-4-5-14(9-16)25(27)11-36-12-25;1-13-20-19(21(29(2)22(13)32)28-18-8-7-15(27)10-17(18)26)23(33)30(3)24(34)31(20)16-6-4-5-14(9-16)25(35)11-36-12-25/h4-10,29H,11-12H2,1-3H3;4-10,28,35H,11-12H2,1-3H3. The van der Waals surface area contributed by atoms with Gasteiger partial charge >= 0.3 is 11.4 Å². The molecule has 0 aliphatic carbocycles. The molecule has 10 rings (SSSR count). The number of hydrogen-bond donors (Lipinski definition) is 3. The van der Waals surface area contributed by atoms with E-state index in [9.17, 15) is 42.7 Å². The zero-order chi connectivity index (χ0) is 51.9. The Labute approximate surface area is 432 Å². The van der Waals surface area contributed by atoms with Crippen LogP contribution in [0.5, 0.6) is 0 Å². The molecule has 372 valence electrons. The van der Waals surface area contributed by atoms with Crippen molar-refractivity contribution >= 4 is 90.0 Å². The smallest absolute Gasteiger partial charge is 0.335 e. The Morgan fingerprint density at radius 1 is 0.556 bits per heavy atom. The highest BCUT2D eigenvalue weighted by atomic mass is 127. The summed E-state index contributed by atoms with van der Waals surface area (Å²) in [6.07, 6.45) is 0. The van der Waals surface area contributed by atoms with Gasteiger partial charge in [0.2, 0.25) is 0 Å². The fourth-order valence-electron chi connectivity index (χ4n) is 8.78.